The maximum Gasteiger partial charge on any atom is 0.246 e. The molecule has 0 radical (unpaired) electrons. The first-order chi connectivity index (χ1) is 11.5. The topological polar surface area (TPSA) is 47.0 Å². The molecule has 1 amide bonds. The molecule has 0 saturated carbocycles. The summed E-state index contributed by atoms with van der Waals surface area (Å²) >= 11 is 0. The SMILES string of the molecule is CN1CCN(C[C@@]2(O)CCN(C(=O)/C=C/c3ccccc3)C2)CC1. The van der Waals surface area contributed by atoms with Crippen LogP contribution in [0.3, 0.4) is 0 Å². The molecule has 5 heteroatoms. The van der Waals surface area contributed by atoms with Crippen LogP contribution < -0.4 is 0 Å². The van der Waals surface area contributed by atoms with E-state index in [9.17, 15) is 9.90 Å². The first-order valence-electron chi connectivity index (χ1n) is 8.69. The summed E-state index contributed by atoms with van der Waals surface area (Å²) in [5.41, 5.74) is 0.240. The van der Waals surface area contributed by atoms with Gasteiger partial charge in [0.25, 0.3) is 0 Å². The molecular formula is C19H27N3O2. The van der Waals surface area contributed by atoms with Gasteiger partial charge >= 0.3 is 0 Å². The first kappa shape index (κ1) is 17.1. The van der Waals surface area contributed by atoms with Gasteiger partial charge in [0, 0.05) is 45.3 Å². The molecule has 2 fully saturated rings. The fourth-order valence-corrected chi connectivity index (χ4v) is 3.43. The van der Waals surface area contributed by atoms with Crippen molar-refractivity contribution in [3.8, 4) is 0 Å². The van der Waals surface area contributed by atoms with Crippen LogP contribution in [-0.2, 0) is 4.79 Å². The van der Waals surface area contributed by atoms with Gasteiger partial charge in [0.05, 0.1) is 12.1 Å². The minimum Gasteiger partial charge on any atom is -0.387 e. The summed E-state index contributed by atoms with van der Waals surface area (Å²) in [7, 11) is 2.13. The van der Waals surface area contributed by atoms with Crippen LogP contribution >= 0.6 is 0 Å². The molecule has 5 nitrogen and oxygen atoms in total. The average molecular weight is 329 g/mol. The van der Waals surface area contributed by atoms with Gasteiger partial charge in [0.15, 0.2) is 0 Å². The van der Waals surface area contributed by atoms with Crippen LogP contribution in [-0.4, -0.2) is 84.2 Å². The highest BCUT2D eigenvalue weighted by atomic mass is 16.3. The Morgan fingerprint density at radius 3 is 2.58 bits per heavy atom. The van der Waals surface area contributed by atoms with Gasteiger partial charge < -0.3 is 14.9 Å². The number of carbonyl (C=O) groups excluding carboxylic acids is 1. The highest BCUT2D eigenvalue weighted by Gasteiger charge is 2.39. The number of benzene rings is 1. The van der Waals surface area contributed by atoms with Gasteiger partial charge in [-0.1, -0.05) is 30.3 Å². The van der Waals surface area contributed by atoms with Crippen molar-refractivity contribution in [2.45, 2.75) is 12.0 Å². The smallest absolute Gasteiger partial charge is 0.246 e. The molecule has 24 heavy (non-hydrogen) atoms. The molecule has 0 aromatic heterocycles. The lowest BCUT2D eigenvalue weighted by atomic mass is 10.0. The number of likely N-dealkylation sites (tertiary alicyclic amines) is 1. The Balaban J connectivity index is 1.52. The van der Waals surface area contributed by atoms with Gasteiger partial charge in [-0.2, -0.15) is 0 Å². The van der Waals surface area contributed by atoms with E-state index in [0.717, 1.165) is 31.7 Å². The van der Waals surface area contributed by atoms with Crippen LogP contribution in [0.1, 0.15) is 12.0 Å². The predicted octanol–water partition coefficient (Wildman–Crippen LogP) is 0.911. The van der Waals surface area contributed by atoms with E-state index < -0.39 is 5.60 Å². The number of hydrogen-bond acceptors (Lipinski definition) is 4. The van der Waals surface area contributed by atoms with Crippen molar-refractivity contribution >= 4 is 12.0 Å². The average Bonchev–Trinajstić information content (AvgIpc) is 2.98. The maximum atomic E-state index is 12.3. The largest absolute Gasteiger partial charge is 0.387 e. The number of amides is 1. The Kier molecular flexibility index (Phi) is 5.33. The Bertz CT molecular complexity index is 582. The van der Waals surface area contributed by atoms with E-state index in [0.29, 0.717) is 26.1 Å². The van der Waals surface area contributed by atoms with Crippen molar-refractivity contribution in [3.63, 3.8) is 0 Å². The van der Waals surface area contributed by atoms with Crippen LogP contribution in [0.5, 0.6) is 0 Å². The van der Waals surface area contributed by atoms with Crippen LogP contribution in [0.2, 0.25) is 0 Å². The number of nitrogens with zero attached hydrogens (tertiary/aromatic N) is 3. The lowest BCUT2D eigenvalue weighted by Gasteiger charge is -2.36. The highest BCUT2D eigenvalue weighted by Crippen LogP contribution is 2.23. The number of rotatable bonds is 4. The summed E-state index contributed by atoms with van der Waals surface area (Å²) in [5, 5.41) is 10.8. The predicted molar refractivity (Wildman–Crippen MR) is 95.6 cm³/mol. The highest BCUT2D eigenvalue weighted by molar-refractivity contribution is 5.92. The molecule has 1 atom stereocenters. The Labute approximate surface area is 144 Å². The third-order valence-corrected chi connectivity index (χ3v) is 4.98. The summed E-state index contributed by atoms with van der Waals surface area (Å²) in [6.07, 6.45) is 4.10. The zero-order valence-electron chi connectivity index (χ0n) is 14.4. The van der Waals surface area contributed by atoms with Gasteiger partial charge in [0.1, 0.15) is 0 Å². The molecule has 1 aromatic carbocycles. The molecule has 1 aromatic rings. The second-order valence-electron chi connectivity index (χ2n) is 7.06. The van der Waals surface area contributed by atoms with E-state index in [4.69, 9.17) is 0 Å². The summed E-state index contributed by atoms with van der Waals surface area (Å²) in [6, 6.07) is 9.80. The van der Waals surface area contributed by atoms with E-state index in [2.05, 4.69) is 16.8 Å². The third-order valence-electron chi connectivity index (χ3n) is 4.98. The summed E-state index contributed by atoms with van der Waals surface area (Å²) in [4.78, 5) is 18.7. The number of β-amino-alcohol motifs (C(OH)–C–C–N with tert-alkyl or cyclic N) is 1. The fraction of sp³-hybridized carbons (Fsp3) is 0.526. The summed E-state index contributed by atoms with van der Waals surface area (Å²) in [6.45, 7) is 5.77. The van der Waals surface area contributed by atoms with Crippen molar-refractivity contribution in [1.29, 1.82) is 0 Å². The van der Waals surface area contributed by atoms with Crippen LogP contribution in [0.25, 0.3) is 6.08 Å². The number of hydrogen-bond donors (Lipinski definition) is 1. The number of likely N-dealkylation sites (N-methyl/N-ethyl adjacent to an activating group) is 1. The molecule has 0 aliphatic carbocycles. The molecule has 2 aliphatic heterocycles. The Morgan fingerprint density at radius 2 is 1.88 bits per heavy atom. The monoisotopic (exact) mass is 329 g/mol. The van der Waals surface area contributed by atoms with E-state index >= 15 is 0 Å². The molecule has 2 heterocycles. The van der Waals surface area contributed by atoms with Crippen LogP contribution in [0.4, 0.5) is 0 Å². The summed E-state index contributed by atoms with van der Waals surface area (Å²) < 4.78 is 0. The van der Waals surface area contributed by atoms with Gasteiger partial charge in [-0.15, -0.1) is 0 Å². The van der Waals surface area contributed by atoms with Crippen molar-refractivity contribution in [1.82, 2.24) is 14.7 Å². The zero-order chi connectivity index (χ0) is 17.0. The normalized spacial score (nSPS) is 26.3. The Hall–Kier alpha value is -1.69. The lowest BCUT2D eigenvalue weighted by molar-refractivity contribution is -0.126. The second-order valence-corrected chi connectivity index (χ2v) is 7.06. The molecule has 0 unspecified atom stereocenters. The third kappa shape index (κ3) is 4.44. The van der Waals surface area contributed by atoms with Gasteiger partial charge in [-0.3, -0.25) is 9.69 Å². The molecule has 2 aliphatic rings. The van der Waals surface area contributed by atoms with E-state index in [1.54, 1.807) is 11.0 Å². The van der Waals surface area contributed by atoms with Gasteiger partial charge in [0.2, 0.25) is 5.91 Å². The van der Waals surface area contributed by atoms with E-state index in [-0.39, 0.29) is 5.91 Å². The number of aliphatic hydroxyl groups is 1. The first-order valence-corrected chi connectivity index (χ1v) is 8.69. The van der Waals surface area contributed by atoms with E-state index in [1.165, 1.54) is 0 Å². The van der Waals surface area contributed by atoms with Gasteiger partial charge in [-0.25, -0.2) is 0 Å². The van der Waals surface area contributed by atoms with Crippen molar-refractivity contribution in [2.75, 3.05) is 52.9 Å². The summed E-state index contributed by atoms with van der Waals surface area (Å²) in [5.74, 6) is -0.0202. The van der Waals surface area contributed by atoms with Crippen molar-refractivity contribution in [2.24, 2.45) is 0 Å². The number of piperazine rings is 1. The molecule has 1 N–H and O–H groups in total. The molecule has 130 valence electrons. The zero-order valence-corrected chi connectivity index (χ0v) is 14.4. The van der Waals surface area contributed by atoms with Crippen molar-refractivity contribution in [3.05, 3.63) is 42.0 Å². The molecular weight excluding hydrogens is 302 g/mol. The lowest BCUT2D eigenvalue weighted by Crippen LogP contribution is -2.52. The molecule has 2 saturated heterocycles. The van der Waals surface area contributed by atoms with E-state index in [1.807, 2.05) is 36.4 Å². The minimum absolute atomic E-state index is 0.0202. The molecule has 0 bridgehead atoms. The quantitative estimate of drug-likeness (QED) is 0.834. The standard InChI is InChI=1S/C19H27N3O2/c1-20-11-13-21(14-12-20)15-19(24)9-10-22(16-19)18(23)8-7-17-5-3-2-4-6-17/h2-8,24H,9-16H2,1H3/b8-7+/t19-/m0/s1. The maximum absolute atomic E-state index is 12.3. The van der Waals surface area contributed by atoms with Crippen molar-refractivity contribution < 1.29 is 9.90 Å². The Morgan fingerprint density at radius 1 is 1.17 bits per heavy atom. The molecule has 3 rings (SSSR count). The van der Waals surface area contributed by atoms with Gasteiger partial charge in [-0.05, 0) is 25.1 Å². The fourth-order valence-electron chi connectivity index (χ4n) is 3.43. The molecule has 0 spiro atoms. The number of carbonyl (C=O) groups is 1. The second kappa shape index (κ2) is 7.47. The van der Waals surface area contributed by atoms with Crippen LogP contribution in [0, 0.1) is 0 Å². The minimum atomic E-state index is -0.772. The van der Waals surface area contributed by atoms with Crippen LogP contribution in [0.15, 0.2) is 36.4 Å².